The van der Waals surface area contributed by atoms with Crippen LogP contribution in [0.2, 0.25) is 0 Å². The smallest absolute Gasteiger partial charge is 0.193 e. The van der Waals surface area contributed by atoms with Gasteiger partial charge in [0.1, 0.15) is 10.5 Å². The quantitative estimate of drug-likeness (QED) is 0.862. The molecule has 6 heteroatoms. The van der Waals surface area contributed by atoms with Gasteiger partial charge in [0.15, 0.2) is 5.17 Å². The molecule has 1 unspecified atom stereocenters. The summed E-state index contributed by atoms with van der Waals surface area (Å²) < 4.78 is 12.7. The molecule has 120 valence electrons. The van der Waals surface area contributed by atoms with Gasteiger partial charge in [0.25, 0.3) is 0 Å². The molecule has 0 saturated heterocycles. The molecular formula is C16H23N3OS2. The van der Waals surface area contributed by atoms with Gasteiger partial charge in [-0.2, -0.15) is 0 Å². The van der Waals surface area contributed by atoms with Gasteiger partial charge in [-0.25, -0.2) is 4.99 Å². The van der Waals surface area contributed by atoms with Gasteiger partial charge in [0, 0.05) is 19.8 Å². The minimum Gasteiger partial charge on any atom is -0.377 e. The highest BCUT2D eigenvalue weighted by molar-refractivity contribution is 8.00. The lowest BCUT2D eigenvalue weighted by atomic mass is 10.0. The lowest BCUT2D eigenvalue weighted by Crippen LogP contribution is -2.34. The maximum absolute atomic E-state index is 12.7. The fourth-order valence-corrected chi connectivity index (χ4v) is 4.09. The summed E-state index contributed by atoms with van der Waals surface area (Å²) in [6.07, 6.45) is 0. The first-order chi connectivity index (χ1) is 10.1. The Morgan fingerprint density at radius 1 is 1.32 bits per heavy atom. The molecule has 22 heavy (non-hydrogen) atoms. The van der Waals surface area contributed by atoms with Crippen molar-refractivity contribution < 1.29 is 4.21 Å². The van der Waals surface area contributed by atoms with Crippen molar-refractivity contribution >= 4 is 38.9 Å². The second-order valence-electron chi connectivity index (χ2n) is 6.40. The van der Waals surface area contributed by atoms with Crippen LogP contribution in [0.3, 0.4) is 0 Å². The van der Waals surface area contributed by atoms with Gasteiger partial charge in [-0.1, -0.05) is 29.9 Å². The van der Waals surface area contributed by atoms with Crippen LogP contribution in [0.5, 0.6) is 0 Å². The number of hydrogen-bond acceptors (Lipinski definition) is 4. The first-order valence-electron chi connectivity index (χ1n) is 7.19. The number of thiocarbonyl (C=S) groups is 1. The second-order valence-corrected chi connectivity index (χ2v) is 8.18. The highest BCUT2D eigenvalue weighted by Crippen LogP contribution is 2.27. The summed E-state index contributed by atoms with van der Waals surface area (Å²) in [6, 6.07) is 4.24. The predicted molar refractivity (Wildman–Crippen MR) is 99.3 cm³/mol. The highest BCUT2D eigenvalue weighted by atomic mass is 32.2. The fourth-order valence-electron chi connectivity index (χ4n) is 2.70. The molecule has 1 aromatic rings. The van der Waals surface area contributed by atoms with Gasteiger partial charge in [0.05, 0.1) is 16.6 Å². The van der Waals surface area contributed by atoms with Crippen molar-refractivity contribution in [2.45, 2.75) is 39.0 Å². The molecule has 0 aliphatic carbocycles. The van der Waals surface area contributed by atoms with Gasteiger partial charge in [-0.05, 0) is 38.8 Å². The molecule has 0 spiro atoms. The van der Waals surface area contributed by atoms with Crippen molar-refractivity contribution in [2.75, 3.05) is 19.0 Å². The van der Waals surface area contributed by atoms with E-state index in [0.29, 0.717) is 15.9 Å². The number of benzene rings is 1. The van der Waals surface area contributed by atoms with E-state index < -0.39 is 16.3 Å². The molecule has 0 saturated carbocycles. The van der Waals surface area contributed by atoms with Crippen LogP contribution in [0.25, 0.3) is 0 Å². The fraction of sp³-hybridized carbons (Fsp3) is 0.500. The number of amidine groups is 1. The number of anilines is 1. The Balaban J connectivity index is 2.32. The molecule has 4 nitrogen and oxygen atoms in total. The van der Waals surface area contributed by atoms with Gasteiger partial charge >= 0.3 is 0 Å². The third-order valence-electron chi connectivity index (χ3n) is 3.63. The highest BCUT2D eigenvalue weighted by Gasteiger charge is 2.33. The van der Waals surface area contributed by atoms with E-state index in [2.05, 4.69) is 41.2 Å². The average Bonchev–Trinajstić information content (AvgIpc) is 2.62. The molecule has 1 heterocycles. The van der Waals surface area contributed by atoms with E-state index in [-0.39, 0.29) is 0 Å². The Morgan fingerprint density at radius 3 is 2.45 bits per heavy atom. The zero-order valence-electron chi connectivity index (χ0n) is 14.0. The van der Waals surface area contributed by atoms with Crippen LogP contribution in [0.15, 0.2) is 17.1 Å². The van der Waals surface area contributed by atoms with E-state index in [9.17, 15) is 4.21 Å². The summed E-state index contributed by atoms with van der Waals surface area (Å²) in [7, 11) is 2.78. The first-order valence-corrected chi connectivity index (χ1v) is 8.91. The first kappa shape index (κ1) is 17.1. The minimum absolute atomic E-state index is 0.431. The Labute approximate surface area is 140 Å². The zero-order chi connectivity index (χ0) is 16.7. The Bertz CT molecular complexity index is 678. The van der Waals surface area contributed by atoms with Crippen LogP contribution >= 0.6 is 12.2 Å². The summed E-state index contributed by atoms with van der Waals surface area (Å²) >= 11 is 5.26. The van der Waals surface area contributed by atoms with E-state index in [1.807, 2.05) is 27.9 Å². The average molecular weight is 338 g/mol. The van der Waals surface area contributed by atoms with E-state index in [0.717, 1.165) is 11.3 Å². The summed E-state index contributed by atoms with van der Waals surface area (Å²) in [5.74, 6) is 0.431. The van der Waals surface area contributed by atoms with Crippen LogP contribution in [-0.2, 0) is 16.6 Å². The lowest BCUT2D eigenvalue weighted by molar-refractivity contribution is 0.688. The van der Waals surface area contributed by atoms with Gasteiger partial charge in [-0.15, -0.1) is 0 Å². The Morgan fingerprint density at radius 2 is 1.95 bits per heavy atom. The normalized spacial score (nSPS) is 17.9. The van der Waals surface area contributed by atoms with Crippen molar-refractivity contribution in [3.63, 3.8) is 0 Å². The molecule has 0 bridgehead atoms. The molecule has 0 amide bonds. The molecule has 1 aliphatic heterocycles. The lowest BCUT2D eigenvalue weighted by Gasteiger charge is -2.21. The van der Waals surface area contributed by atoms with Gasteiger partial charge in [0.2, 0.25) is 0 Å². The molecule has 2 rings (SSSR count). The van der Waals surface area contributed by atoms with E-state index in [1.54, 1.807) is 0 Å². The molecule has 1 aliphatic rings. The molecule has 1 aromatic carbocycles. The van der Waals surface area contributed by atoms with Crippen molar-refractivity contribution in [1.82, 2.24) is 5.32 Å². The molecule has 0 fully saturated rings. The standard InChI is InChI=1S/C16H23N3OS2/c1-10-7-11(2)13(19(5)6)12(8-10)9-22(20)15-17-14(21)16(3,4)18-15/h7-8H,9H2,1-6H3,(H,17,18,21). The number of aliphatic imine (C=N–C) groups is 1. The van der Waals surface area contributed by atoms with Crippen LogP contribution < -0.4 is 10.2 Å². The van der Waals surface area contributed by atoms with E-state index in [1.165, 1.54) is 11.1 Å². The molecule has 1 N–H and O–H groups in total. The summed E-state index contributed by atoms with van der Waals surface area (Å²) in [6.45, 7) is 7.99. The van der Waals surface area contributed by atoms with Crippen LogP contribution in [0.1, 0.15) is 30.5 Å². The van der Waals surface area contributed by atoms with Crippen LogP contribution in [0.4, 0.5) is 5.69 Å². The Hall–Kier alpha value is -1.27. The maximum atomic E-state index is 12.7. The number of rotatable bonds is 3. The number of nitrogens with zero attached hydrogens (tertiary/aromatic N) is 2. The minimum atomic E-state index is -1.23. The summed E-state index contributed by atoms with van der Waals surface area (Å²) in [4.78, 5) is 7.17. The maximum Gasteiger partial charge on any atom is 0.193 e. The van der Waals surface area contributed by atoms with Crippen molar-refractivity contribution in [3.05, 3.63) is 28.8 Å². The zero-order valence-corrected chi connectivity index (χ0v) is 15.6. The third kappa shape index (κ3) is 3.38. The number of hydrogen-bond donors (Lipinski definition) is 1. The van der Waals surface area contributed by atoms with Crippen molar-refractivity contribution in [2.24, 2.45) is 4.99 Å². The summed E-state index contributed by atoms with van der Waals surface area (Å²) in [5.41, 5.74) is 4.09. The SMILES string of the molecule is Cc1cc(C)c(N(C)C)c(CS(=O)C2=NC(C)(C)C(=S)N2)c1. The number of nitrogens with one attached hydrogen (secondary N) is 1. The van der Waals surface area contributed by atoms with Crippen molar-refractivity contribution in [3.8, 4) is 0 Å². The van der Waals surface area contributed by atoms with Crippen molar-refractivity contribution in [1.29, 1.82) is 0 Å². The van der Waals surface area contributed by atoms with E-state index >= 15 is 0 Å². The monoisotopic (exact) mass is 337 g/mol. The van der Waals surface area contributed by atoms with Gasteiger partial charge < -0.3 is 10.2 Å². The third-order valence-corrected chi connectivity index (χ3v) is 5.43. The van der Waals surface area contributed by atoms with Crippen LogP contribution in [0, 0.1) is 13.8 Å². The second kappa shape index (κ2) is 6.08. The predicted octanol–water partition coefficient (Wildman–Crippen LogP) is 2.68. The molecular weight excluding hydrogens is 314 g/mol. The molecule has 0 radical (unpaired) electrons. The van der Waals surface area contributed by atoms with E-state index in [4.69, 9.17) is 12.2 Å². The largest absolute Gasteiger partial charge is 0.377 e. The molecule has 1 atom stereocenters. The van der Waals surface area contributed by atoms with Crippen LogP contribution in [-0.4, -0.2) is 34.0 Å². The Kier molecular flexibility index (Phi) is 4.73. The summed E-state index contributed by atoms with van der Waals surface area (Å²) in [5, 5.41) is 3.49. The molecule has 0 aromatic heterocycles. The number of aryl methyl sites for hydroxylation is 2. The van der Waals surface area contributed by atoms with Gasteiger partial charge in [-0.3, -0.25) is 4.21 Å². The topological polar surface area (TPSA) is 44.7 Å².